The van der Waals surface area contributed by atoms with E-state index in [0.717, 1.165) is 45.0 Å². The Labute approximate surface area is 200 Å². The number of hydrogen-bond acceptors (Lipinski definition) is 3. The van der Waals surface area contributed by atoms with Crippen LogP contribution in [0.25, 0.3) is 28.1 Å². The third kappa shape index (κ3) is 4.32. The predicted octanol–water partition coefficient (Wildman–Crippen LogP) is 7.66. The number of phenols is 1. The molecule has 3 aromatic carbocycles. The number of fused-ring (bicyclic) bond motifs is 1. The van der Waals surface area contributed by atoms with Crippen molar-refractivity contribution >= 4 is 22.6 Å². The van der Waals surface area contributed by atoms with E-state index in [0.29, 0.717) is 10.8 Å². The first-order chi connectivity index (χ1) is 15.4. The SMILES string of the molecule is COc1ccc(-c2nc3cc(Cl)ccc3n2-c2cc(C(C)(C)C)c(O)c(C(C)(C)C)c2)cc1. The molecule has 0 unspecified atom stereocenters. The summed E-state index contributed by atoms with van der Waals surface area (Å²) in [5.41, 5.74) is 5.03. The van der Waals surface area contributed by atoms with Crippen LogP contribution in [0.3, 0.4) is 0 Å². The number of aromatic hydroxyl groups is 1. The lowest BCUT2D eigenvalue weighted by Gasteiger charge is -2.28. The number of aromatic nitrogens is 2. The quantitative estimate of drug-likeness (QED) is 0.340. The zero-order valence-corrected chi connectivity index (χ0v) is 21.1. The summed E-state index contributed by atoms with van der Waals surface area (Å²) in [5.74, 6) is 1.96. The second-order valence-corrected chi connectivity index (χ2v) is 11.0. The second-order valence-electron chi connectivity index (χ2n) is 10.5. The van der Waals surface area contributed by atoms with E-state index >= 15 is 0 Å². The molecule has 0 saturated heterocycles. The lowest BCUT2D eigenvalue weighted by atomic mass is 9.79. The van der Waals surface area contributed by atoms with Gasteiger partial charge in [0, 0.05) is 27.4 Å². The average Bonchev–Trinajstić information content (AvgIpc) is 3.10. The summed E-state index contributed by atoms with van der Waals surface area (Å²) in [5, 5.41) is 11.9. The number of methoxy groups -OCH3 is 1. The molecule has 0 radical (unpaired) electrons. The van der Waals surface area contributed by atoms with Gasteiger partial charge in [-0.1, -0.05) is 53.1 Å². The standard InChI is InChI=1S/C28H31ClN2O2/c1-27(2,3)21-15-19(16-22(25(21)32)28(4,5)6)31-24-13-10-18(29)14-23(24)30-26(31)17-8-11-20(33-7)12-9-17/h8-16,32H,1-7H3. The van der Waals surface area contributed by atoms with Gasteiger partial charge in [0.15, 0.2) is 0 Å². The highest BCUT2D eigenvalue weighted by molar-refractivity contribution is 6.31. The van der Waals surface area contributed by atoms with Gasteiger partial charge in [-0.15, -0.1) is 0 Å². The van der Waals surface area contributed by atoms with Gasteiger partial charge in [-0.25, -0.2) is 4.98 Å². The third-order valence-electron chi connectivity index (χ3n) is 5.93. The third-order valence-corrected chi connectivity index (χ3v) is 6.17. The van der Waals surface area contributed by atoms with Crippen LogP contribution in [0, 0.1) is 0 Å². The summed E-state index contributed by atoms with van der Waals surface area (Å²) < 4.78 is 7.49. The highest BCUT2D eigenvalue weighted by atomic mass is 35.5. The zero-order chi connectivity index (χ0) is 24.1. The van der Waals surface area contributed by atoms with Crippen LogP contribution in [0.1, 0.15) is 52.7 Å². The van der Waals surface area contributed by atoms with Crippen LogP contribution in [0.15, 0.2) is 54.6 Å². The van der Waals surface area contributed by atoms with Crippen LogP contribution in [-0.2, 0) is 10.8 Å². The van der Waals surface area contributed by atoms with Crippen molar-refractivity contribution in [2.24, 2.45) is 0 Å². The van der Waals surface area contributed by atoms with Crippen molar-refractivity contribution < 1.29 is 9.84 Å². The number of ether oxygens (including phenoxy) is 1. The molecule has 1 aromatic heterocycles. The summed E-state index contributed by atoms with van der Waals surface area (Å²) in [4.78, 5) is 4.96. The molecule has 0 bridgehead atoms. The van der Waals surface area contributed by atoms with Crippen molar-refractivity contribution in [3.05, 3.63) is 70.7 Å². The molecular weight excluding hydrogens is 432 g/mol. The molecule has 1 N–H and O–H groups in total. The number of rotatable bonds is 3. The van der Waals surface area contributed by atoms with E-state index in [1.807, 2.05) is 42.5 Å². The monoisotopic (exact) mass is 462 g/mol. The Morgan fingerprint density at radius 1 is 0.848 bits per heavy atom. The molecule has 33 heavy (non-hydrogen) atoms. The molecule has 4 nitrogen and oxygen atoms in total. The number of imidazole rings is 1. The van der Waals surface area contributed by atoms with Crippen LogP contribution < -0.4 is 4.74 Å². The van der Waals surface area contributed by atoms with E-state index in [1.54, 1.807) is 7.11 Å². The molecule has 0 amide bonds. The van der Waals surface area contributed by atoms with Crippen molar-refractivity contribution in [3.8, 4) is 28.6 Å². The van der Waals surface area contributed by atoms with Crippen molar-refractivity contribution in [1.82, 2.24) is 9.55 Å². The highest BCUT2D eigenvalue weighted by Gasteiger charge is 2.28. The minimum absolute atomic E-state index is 0.236. The first kappa shape index (κ1) is 23.2. The molecule has 0 aliphatic carbocycles. The fourth-order valence-corrected chi connectivity index (χ4v) is 4.31. The highest BCUT2D eigenvalue weighted by Crippen LogP contribution is 2.42. The molecule has 5 heteroatoms. The van der Waals surface area contributed by atoms with Gasteiger partial charge in [0.1, 0.15) is 17.3 Å². The van der Waals surface area contributed by atoms with Crippen molar-refractivity contribution in [2.45, 2.75) is 52.4 Å². The molecule has 4 aromatic rings. The van der Waals surface area contributed by atoms with Gasteiger partial charge < -0.3 is 9.84 Å². The fraction of sp³-hybridized carbons (Fsp3) is 0.321. The van der Waals surface area contributed by atoms with Crippen LogP contribution in [0.5, 0.6) is 11.5 Å². The maximum absolute atomic E-state index is 11.2. The number of phenolic OH excluding ortho intramolecular Hbond substituents is 1. The van der Waals surface area contributed by atoms with E-state index in [1.165, 1.54) is 0 Å². The first-order valence-electron chi connectivity index (χ1n) is 11.1. The first-order valence-corrected chi connectivity index (χ1v) is 11.5. The Kier molecular flexibility index (Phi) is 5.69. The van der Waals surface area contributed by atoms with Gasteiger partial charge in [0.05, 0.1) is 18.1 Å². The van der Waals surface area contributed by atoms with Crippen LogP contribution >= 0.6 is 11.6 Å². The Hall–Kier alpha value is -2.98. The van der Waals surface area contributed by atoms with Crippen molar-refractivity contribution in [3.63, 3.8) is 0 Å². The smallest absolute Gasteiger partial charge is 0.145 e. The number of benzene rings is 3. The van der Waals surface area contributed by atoms with E-state index in [-0.39, 0.29) is 10.8 Å². The summed E-state index contributed by atoms with van der Waals surface area (Å²) in [6.07, 6.45) is 0. The summed E-state index contributed by atoms with van der Waals surface area (Å²) >= 11 is 6.30. The molecule has 0 spiro atoms. The number of halogens is 1. The lowest BCUT2D eigenvalue weighted by Crippen LogP contribution is -2.18. The maximum Gasteiger partial charge on any atom is 0.145 e. The van der Waals surface area contributed by atoms with E-state index in [9.17, 15) is 5.11 Å². The summed E-state index contributed by atoms with van der Waals surface area (Å²) in [6.45, 7) is 12.7. The molecule has 4 rings (SSSR count). The average molecular weight is 463 g/mol. The fourth-order valence-electron chi connectivity index (χ4n) is 4.14. The molecule has 0 atom stereocenters. The maximum atomic E-state index is 11.2. The second kappa shape index (κ2) is 8.11. The zero-order valence-electron chi connectivity index (χ0n) is 20.3. The lowest BCUT2D eigenvalue weighted by molar-refractivity contribution is 0.415. The van der Waals surface area contributed by atoms with E-state index in [4.69, 9.17) is 21.3 Å². The molecule has 0 saturated carbocycles. The van der Waals surface area contributed by atoms with Gasteiger partial charge in [0.2, 0.25) is 0 Å². The normalized spacial score (nSPS) is 12.4. The Morgan fingerprint density at radius 3 is 1.94 bits per heavy atom. The van der Waals surface area contributed by atoms with Crippen molar-refractivity contribution in [2.75, 3.05) is 7.11 Å². The van der Waals surface area contributed by atoms with Gasteiger partial charge in [-0.05, 0) is 65.4 Å². The van der Waals surface area contributed by atoms with Crippen LogP contribution in [0.4, 0.5) is 0 Å². The van der Waals surface area contributed by atoms with Gasteiger partial charge in [0.25, 0.3) is 0 Å². The topological polar surface area (TPSA) is 47.3 Å². The summed E-state index contributed by atoms with van der Waals surface area (Å²) in [6, 6.07) is 17.8. The molecule has 1 heterocycles. The molecule has 0 fully saturated rings. The van der Waals surface area contributed by atoms with E-state index in [2.05, 4.69) is 58.2 Å². The number of hydrogen-bond donors (Lipinski definition) is 1. The Morgan fingerprint density at radius 2 is 1.42 bits per heavy atom. The largest absolute Gasteiger partial charge is 0.507 e. The number of nitrogens with zero attached hydrogens (tertiary/aromatic N) is 2. The molecule has 172 valence electrons. The van der Waals surface area contributed by atoms with Gasteiger partial charge >= 0.3 is 0 Å². The summed E-state index contributed by atoms with van der Waals surface area (Å²) in [7, 11) is 1.66. The van der Waals surface area contributed by atoms with Gasteiger partial charge in [-0.2, -0.15) is 0 Å². The van der Waals surface area contributed by atoms with Crippen LogP contribution in [-0.4, -0.2) is 21.8 Å². The molecule has 0 aliphatic heterocycles. The molecular formula is C28H31ClN2O2. The van der Waals surface area contributed by atoms with E-state index < -0.39 is 0 Å². The van der Waals surface area contributed by atoms with Crippen molar-refractivity contribution in [1.29, 1.82) is 0 Å². The predicted molar refractivity (Wildman–Crippen MR) is 137 cm³/mol. The molecule has 0 aliphatic rings. The minimum atomic E-state index is -0.236. The minimum Gasteiger partial charge on any atom is -0.507 e. The van der Waals surface area contributed by atoms with Gasteiger partial charge in [-0.3, -0.25) is 4.57 Å². The Balaban J connectivity index is 2.09. The van der Waals surface area contributed by atoms with Crippen LogP contribution in [0.2, 0.25) is 5.02 Å². The Bertz CT molecular complexity index is 1290.